The number of amides is 2. The van der Waals surface area contributed by atoms with Gasteiger partial charge in [-0.15, -0.1) is 11.3 Å². The minimum atomic E-state index is -3.96. The van der Waals surface area contributed by atoms with Crippen LogP contribution in [-0.2, 0) is 21.2 Å². The Hall–Kier alpha value is -4.59. The summed E-state index contributed by atoms with van der Waals surface area (Å²) in [5.41, 5.74) is 1.18. The molecule has 1 atom stereocenters. The molecule has 4 N–H and O–H groups in total. The number of sulfone groups is 1. The maximum Gasteiger partial charge on any atom is 0.320 e. The van der Waals surface area contributed by atoms with Gasteiger partial charge in [0.1, 0.15) is 16.8 Å². The summed E-state index contributed by atoms with van der Waals surface area (Å²) in [6.07, 6.45) is 2.34. The summed E-state index contributed by atoms with van der Waals surface area (Å²) >= 11 is 1.42. The van der Waals surface area contributed by atoms with E-state index in [1.54, 1.807) is 25.3 Å². The summed E-state index contributed by atoms with van der Waals surface area (Å²) in [5.74, 6) is -1.20. The number of hydrogen-bond acceptors (Lipinski definition) is 9. The van der Waals surface area contributed by atoms with E-state index in [9.17, 15) is 22.8 Å². The van der Waals surface area contributed by atoms with E-state index >= 15 is 0 Å². The quantitative estimate of drug-likeness (QED) is 0.182. The number of fused-ring (bicyclic) bond motifs is 2. The smallest absolute Gasteiger partial charge is 0.320 e. The molecule has 222 valence electrons. The van der Waals surface area contributed by atoms with Crippen LogP contribution in [0.4, 0.5) is 5.69 Å². The van der Waals surface area contributed by atoms with Gasteiger partial charge in [0.15, 0.2) is 0 Å². The number of aromatic nitrogens is 1. The summed E-state index contributed by atoms with van der Waals surface area (Å²) in [5, 5.41) is 18.0. The second kappa shape index (κ2) is 12.7. The first-order valence-electron chi connectivity index (χ1n) is 13.4. The summed E-state index contributed by atoms with van der Waals surface area (Å²) in [6.45, 7) is 2.77. The number of ether oxygens (including phenoxy) is 1. The average Bonchev–Trinajstić information content (AvgIpc) is 3.46. The number of thiazole rings is 1. The standard InChI is InChI=1S/C30H28N4O7S2/c1-18(30(37)38)31-13-4-14-41-21-10-7-19(8-11-21)29-33-17-22(42-29)16-32-27(35)20-9-12-26-24(15-20)34-28(36)23-5-2-3-6-25(23)43(26,39)40/h2-3,5-12,15,17-18,31H,4,13-14,16H2,1H3,(H,32,35)(H,34,36)(H,37,38)/t18-/m0/s1. The van der Waals surface area contributed by atoms with E-state index < -0.39 is 33.7 Å². The molecular formula is C30H28N4O7S2. The fourth-order valence-electron chi connectivity index (χ4n) is 4.35. The number of nitrogens with one attached hydrogen (secondary N) is 3. The van der Waals surface area contributed by atoms with Crippen molar-refractivity contribution in [3.05, 3.63) is 88.9 Å². The number of anilines is 1. The molecule has 0 unspecified atom stereocenters. The Morgan fingerprint density at radius 2 is 1.84 bits per heavy atom. The molecule has 0 radical (unpaired) electrons. The number of nitrogens with zero attached hydrogens (tertiary/aromatic N) is 1. The first-order valence-corrected chi connectivity index (χ1v) is 15.7. The summed E-state index contributed by atoms with van der Waals surface area (Å²) < 4.78 is 32.1. The van der Waals surface area contributed by atoms with Crippen molar-refractivity contribution in [1.29, 1.82) is 0 Å². The van der Waals surface area contributed by atoms with Gasteiger partial charge in [-0.3, -0.25) is 14.4 Å². The molecule has 4 aromatic rings. The van der Waals surface area contributed by atoms with Gasteiger partial charge in [-0.2, -0.15) is 0 Å². The maximum absolute atomic E-state index is 13.2. The molecule has 2 heterocycles. The Bertz CT molecular complexity index is 1790. The zero-order chi connectivity index (χ0) is 30.6. The topological polar surface area (TPSA) is 164 Å². The van der Waals surface area contributed by atoms with Crippen molar-refractivity contribution in [3.63, 3.8) is 0 Å². The molecule has 1 aromatic heterocycles. The third kappa shape index (κ3) is 6.74. The van der Waals surface area contributed by atoms with Gasteiger partial charge in [-0.05, 0) is 74.5 Å². The van der Waals surface area contributed by atoms with Gasteiger partial charge < -0.3 is 25.8 Å². The van der Waals surface area contributed by atoms with E-state index in [1.807, 2.05) is 24.3 Å². The third-order valence-electron chi connectivity index (χ3n) is 6.69. The molecule has 0 bridgehead atoms. The van der Waals surface area contributed by atoms with Crippen molar-refractivity contribution in [2.75, 3.05) is 18.5 Å². The molecule has 1 aliphatic rings. The zero-order valence-electron chi connectivity index (χ0n) is 23.0. The van der Waals surface area contributed by atoms with Crippen LogP contribution in [0.1, 0.15) is 38.9 Å². The Kier molecular flexibility index (Phi) is 8.85. The van der Waals surface area contributed by atoms with Crippen LogP contribution in [0.2, 0.25) is 0 Å². The van der Waals surface area contributed by atoms with Gasteiger partial charge in [0.25, 0.3) is 11.8 Å². The van der Waals surface area contributed by atoms with Crippen LogP contribution >= 0.6 is 11.3 Å². The molecular weight excluding hydrogens is 592 g/mol. The lowest BCUT2D eigenvalue weighted by molar-refractivity contribution is -0.139. The molecule has 13 heteroatoms. The monoisotopic (exact) mass is 620 g/mol. The van der Waals surface area contributed by atoms with E-state index in [2.05, 4.69) is 20.9 Å². The highest BCUT2D eigenvalue weighted by atomic mass is 32.2. The van der Waals surface area contributed by atoms with Crippen LogP contribution in [0.25, 0.3) is 10.6 Å². The van der Waals surface area contributed by atoms with Crippen LogP contribution < -0.4 is 20.7 Å². The van der Waals surface area contributed by atoms with Crippen molar-refractivity contribution in [2.24, 2.45) is 0 Å². The molecule has 11 nitrogen and oxygen atoms in total. The highest BCUT2D eigenvalue weighted by Gasteiger charge is 2.31. The number of carboxylic acids is 1. The Balaban J connectivity index is 1.17. The number of aliphatic carboxylic acids is 1. The second-order valence-corrected chi connectivity index (χ2v) is 12.7. The van der Waals surface area contributed by atoms with E-state index in [-0.39, 0.29) is 33.2 Å². The van der Waals surface area contributed by atoms with Gasteiger partial charge in [-0.1, -0.05) is 12.1 Å². The first-order chi connectivity index (χ1) is 20.6. The molecule has 0 fully saturated rings. The fourth-order valence-corrected chi connectivity index (χ4v) is 6.80. The van der Waals surface area contributed by atoms with Crippen LogP contribution in [-0.4, -0.2) is 55.5 Å². The number of carboxylic acid groups (broad SMARTS) is 1. The van der Waals surface area contributed by atoms with Crippen LogP contribution in [0, 0.1) is 0 Å². The Morgan fingerprint density at radius 1 is 1.07 bits per heavy atom. The molecule has 2 amide bonds. The van der Waals surface area contributed by atoms with Crippen molar-refractivity contribution in [2.45, 2.75) is 35.7 Å². The van der Waals surface area contributed by atoms with E-state index in [1.165, 1.54) is 41.7 Å². The number of rotatable bonds is 11. The van der Waals surface area contributed by atoms with Crippen molar-refractivity contribution in [1.82, 2.24) is 15.6 Å². The predicted octanol–water partition coefficient (Wildman–Crippen LogP) is 3.97. The summed E-state index contributed by atoms with van der Waals surface area (Å²) in [6, 6.07) is 16.9. The Morgan fingerprint density at radius 3 is 2.60 bits per heavy atom. The highest BCUT2D eigenvalue weighted by molar-refractivity contribution is 7.91. The molecule has 0 spiro atoms. The number of hydrogen-bond donors (Lipinski definition) is 4. The summed E-state index contributed by atoms with van der Waals surface area (Å²) in [7, 11) is -3.96. The highest BCUT2D eigenvalue weighted by Crippen LogP contribution is 2.34. The van der Waals surface area contributed by atoms with Crippen LogP contribution in [0.5, 0.6) is 5.75 Å². The SMILES string of the molecule is C[C@H](NCCCOc1ccc(-c2ncc(CNC(=O)c3ccc4c(c3)NC(=O)c3ccccc3S4(=O)=O)s2)cc1)C(=O)O. The lowest BCUT2D eigenvalue weighted by Crippen LogP contribution is -2.34. The van der Waals surface area contributed by atoms with Gasteiger partial charge >= 0.3 is 5.97 Å². The van der Waals surface area contributed by atoms with E-state index in [4.69, 9.17) is 9.84 Å². The third-order valence-corrected chi connectivity index (χ3v) is 9.61. The lowest BCUT2D eigenvalue weighted by atomic mass is 10.1. The van der Waals surface area contributed by atoms with Gasteiger partial charge in [-0.25, -0.2) is 13.4 Å². The number of carbonyl (C=O) groups excluding carboxylic acids is 2. The molecule has 0 saturated carbocycles. The number of benzene rings is 3. The predicted molar refractivity (Wildman–Crippen MR) is 160 cm³/mol. The van der Waals surface area contributed by atoms with Crippen LogP contribution in [0.15, 0.2) is 82.7 Å². The lowest BCUT2D eigenvalue weighted by Gasteiger charge is -2.10. The molecule has 43 heavy (non-hydrogen) atoms. The molecule has 3 aromatic carbocycles. The van der Waals surface area contributed by atoms with Crippen molar-refractivity contribution < 1.29 is 32.6 Å². The normalized spacial score (nSPS) is 14.0. The average molecular weight is 621 g/mol. The zero-order valence-corrected chi connectivity index (χ0v) is 24.6. The second-order valence-electron chi connectivity index (χ2n) is 9.72. The first kappa shape index (κ1) is 29.9. The van der Waals surface area contributed by atoms with Gasteiger partial charge in [0.2, 0.25) is 9.84 Å². The molecule has 1 aliphatic heterocycles. The maximum atomic E-state index is 13.2. The minimum absolute atomic E-state index is 0.0464. The van der Waals surface area contributed by atoms with E-state index in [0.717, 1.165) is 15.4 Å². The minimum Gasteiger partial charge on any atom is -0.494 e. The molecule has 0 saturated heterocycles. The van der Waals surface area contributed by atoms with Gasteiger partial charge in [0.05, 0.1) is 34.2 Å². The van der Waals surface area contributed by atoms with Gasteiger partial charge in [0, 0.05) is 22.2 Å². The molecule has 5 rings (SSSR count). The Labute approximate surface area is 251 Å². The summed E-state index contributed by atoms with van der Waals surface area (Å²) in [4.78, 5) is 41.5. The molecule has 0 aliphatic carbocycles. The fraction of sp³-hybridized carbons (Fsp3) is 0.200. The van der Waals surface area contributed by atoms with Crippen molar-refractivity contribution >= 4 is 44.6 Å². The largest absolute Gasteiger partial charge is 0.494 e. The van der Waals surface area contributed by atoms with Crippen molar-refractivity contribution in [3.8, 4) is 16.3 Å². The van der Waals surface area contributed by atoms with E-state index in [0.29, 0.717) is 25.3 Å². The van der Waals surface area contributed by atoms with Crippen LogP contribution in [0.3, 0.4) is 0 Å². The number of carbonyl (C=O) groups is 3.